The van der Waals surface area contributed by atoms with Gasteiger partial charge in [0.15, 0.2) is 0 Å². The highest BCUT2D eigenvalue weighted by molar-refractivity contribution is 7.09. The molecular formula is C15H21NO2S. The van der Waals surface area contributed by atoms with Crippen LogP contribution in [0.4, 0.5) is 0 Å². The quantitative estimate of drug-likeness (QED) is 0.841. The lowest BCUT2D eigenvalue weighted by Crippen LogP contribution is -2.29. The minimum Gasteiger partial charge on any atom is -0.464 e. The minimum atomic E-state index is -0.154. The van der Waals surface area contributed by atoms with Gasteiger partial charge in [-0.05, 0) is 36.9 Å². The Kier molecular flexibility index (Phi) is 5.19. The van der Waals surface area contributed by atoms with Crippen molar-refractivity contribution >= 4 is 11.3 Å². The lowest BCUT2D eigenvalue weighted by molar-refractivity contribution is 0.0207. The van der Waals surface area contributed by atoms with Crippen LogP contribution in [0.25, 0.3) is 0 Å². The minimum absolute atomic E-state index is 0.0334. The van der Waals surface area contributed by atoms with Gasteiger partial charge in [-0.25, -0.2) is 0 Å². The predicted octanol–water partition coefficient (Wildman–Crippen LogP) is 3.69. The van der Waals surface area contributed by atoms with Gasteiger partial charge >= 0.3 is 0 Å². The summed E-state index contributed by atoms with van der Waals surface area (Å²) in [6.45, 7) is 4.67. The summed E-state index contributed by atoms with van der Waals surface area (Å²) in [5.74, 6) is 1.73. The summed E-state index contributed by atoms with van der Waals surface area (Å²) in [5.41, 5.74) is 6.14. The number of aryl methyl sites for hydroxylation is 1. The highest BCUT2D eigenvalue weighted by Gasteiger charge is 2.22. The summed E-state index contributed by atoms with van der Waals surface area (Å²) in [5, 5.41) is 2.08. The van der Waals surface area contributed by atoms with E-state index in [1.54, 1.807) is 11.3 Å². The first-order valence-electron chi connectivity index (χ1n) is 6.66. The summed E-state index contributed by atoms with van der Waals surface area (Å²) in [7, 11) is 0. The molecule has 2 atom stereocenters. The largest absolute Gasteiger partial charge is 0.464 e. The molecule has 0 radical (unpaired) electrons. The maximum Gasteiger partial charge on any atom is 0.134 e. The number of hydrogen-bond acceptors (Lipinski definition) is 4. The zero-order chi connectivity index (χ0) is 13.7. The second-order valence-corrected chi connectivity index (χ2v) is 5.67. The normalized spacial score (nSPS) is 14.5. The first-order valence-corrected chi connectivity index (χ1v) is 7.54. The van der Waals surface area contributed by atoms with Crippen molar-refractivity contribution in [2.24, 2.45) is 5.73 Å². The molecule has 0 fully saturated rings. The Hall–Kier alpha value is -1.10. The van der Waals surface area contributed by atoms with E-state index < -0.39 is 0 Å². The lowest BCUT2D eigenvalue weighted by atomic mass is 10.1. The average Bonchev–Trinajstić information content (AvgIpc) is 3.05. The van der Waals surface area contributed by atoms with Crippen LogP contribution in [-0.4, -0.2) is 12.6 Å². The van der Waals surface area contributed by atoms with Crippen molar-refractivity contribution in [1.29, 1.82) is 0 Å². The third kappa shape index (κ3) is 3.93. The first kappa shape index (κ1) is 14.3. The fraction of sp³-hybridized carbons (Fsp3) is 0.467. The molecule has 0 saturated carbocycles. The second-order valence-electron chi connectivity index (χ2n) is 4.64. The van der Waals surface area contributed by atoms with Crippen LogP contribution in [0.3, 0.4) is 0 Å². The summed E-state index contributed by atoms with van der Waals surface area (Å²) in [6, 6.07) is 8.06. The molecule has 0 bridgehead atoms. The molecule has 2 rings (SSSR count). The third-order valence-electron chi connectivity index (χ3n) is 3.13. The Bertz CT molecular complexity index is 478. The number of nitrogens with two attached hydrogens (primary N) is 1. The summed E-state index contributed by atoms with van der Waals surface area (Å²) in [4.78, 5) is 1.33. The van der Waals surface area contributed by atoms with Crippen molar-refractivity contribution < 1.29 is 9.15 Å². The summed E-state index contributed by atoms with van der Waals surface area (Å²) < 4.78 is 11.6. The Balaban J connectivity index is 1.94. The zero-order valence-corrected chi connectivity index (χ0v) is 12.3. The molecule has 0 aromatic carbocycles. The molecule has 19 heavy (non-hydrogen) atoms. The molecule has 0 saturated heterocycles. The van der Waals surface area contributed by atoms with E-state index in [1.807, 2.05) is 19.1 Å². The molecule has 0 aliphatic carbocycles. The maximum atomic E-state index is 6.14. The van der Waals surface area contributed by atoms with Crippen molar-refractivity contribution in [3.63, 3.8) is 0 Å². The van der Waals surface area contributed by atoms with Crippen LogP contribution in [0.2, 0.25) is 0 Å². The molecule has 0 amide bonds. The predicted molar refractivity (Wildman–Crippen MR) is 78.4 cm³/mol. The fourth-order valence-electron chi connectivity index (χ4n) is 1.98. The van der Waals surface area contributed by atoms with Crippen molar-refractivity contribution in [1.82, 2.24) is 0 Å². The molecule has 104 valence electrons. The van der Waals surface area contributed by atoms with Crippen LogP contribution in [0.5, 0.6) is 0 Å². The Morgan fingerprint density at radius 1 is 1.37 bits per heavy atom. The van der Waals surface area contributed by atoms with Crippen LogP contribution in [0, 0.1) is 6.92 Å². The third-order valence-corrected chi connectivity index (χ3v) is 4.06. The number of thiophene rings is 1. The van der Waals surface area contributed by atoms with E-state index in [4.69, 9.17) is 14.9 Å². The monoisotopic (exact) mass is 279 g/mol. The van der Waals surface area contributed by atoms with Crippen LogP contribution in [0.1, 0.15) is 35.8 Å². The topological polar surface area (TPSA) is 48.4 Å². The van der Waals surface area contributed by atoms with Crippen LogP contribution >= 0.6 is 11.3 Å². The number of ether oxygens (including phenoxy) is 1. The molecule has 0 aliphatic rings. The van der Waals surface area contributed by atoms with E-state index in [-0.39, 0.29) is 12.1 Å². The standard InChI is InChI=1S/C15H21NO2S/c1-3-13(16)15(14-7-6-11(2)18-14)17-9-8-12-5-4-10-19-12/h4-7,10,13,15H,3,8-9,16H2,1-2H3. The van der Waals surface area contributed by atoms with E-state index in [9.17, 15) is 0 Å². The van der Waals surface area contributed by atoms with Gasteiger partial charge in [0.2, 0.25) is 0 Å². The number of hydrogen-bond donors (Lipinski definition) is 1. The maximum absolute atomic E-state index is 6.14. The first-order chi connectivity index (χ1) is 9.20. The molecule has 4 heteroatoms. The van der Waals surface area contributed by atoms with Gasteiger partial charge < -0.3 is 14.9 Å². The van der Waals surface area contributed by atoms with Gasteiger partial charge in [-0.3, -0.25) is 0 Å². The van der Waals surface area contributed by atoms with Crippen LogP contribution in [0.15, 0.2) is 34.1 Å². The van der Waals surface area contributed by atoms with Gasteiger partial charge in [0.1, 0.15) is 17.6 Å². The molecule has 2 aromatic heterocycles. The van der Waals surface area contributed by atoms with Crippen molar-refractivity contribution in [2.45, 2.75) is 38.8 Å². The Morgan fingerprint density at radius 2 is 2.21 bits per heavy atom. The van der Waals surface area contributed by atoms with Gasteiger partial charge in [0.05, 0.1) is 6.61 Å². The van der Waals surface area contributed by atoms with Gasteiger partial charge in [-0.15, -0.1) is 11.3 Å². The van der Waals surface area contributed by atoms with Crippen molar-refractivity contribution in [3.8, 4) is 0 Å². The highest BCUT2D eigenvalue weighted by Crippen LogP contribution is 2.24. The average molecular weight is 279 g/mol. The molecule has 2 aromatic rings. The van der Waals surface area contributed by atoms with Gasteiger partial charge in [0, 0.05) is 17.3 Å². The van der Waals surface area contributed by atoms with Gasteiger partial charge in [0.25, 0.3) is 0 Å². The summed E-state index contributed by atoms with van der Waals surface area (Å²) in [6.07, 6.45) is 1.63. The SMILES string of the molecule is CCC(N)C(OCCc1cccs1)c1ccc(C)o1. The second kappa shape index (κ2) is 6.89. The van der Waals surface area contributed by atoms with Crippen LogP contribution in [-0.2, 0) is 11.2 Å². The van der Waals surface area contributed by atoms with Gasteiger partial charge in [-0.2, -0.15) is 0 Å². The molecule has 0 spiro atoms. The zero-order valence-electron chi connectivity index (χ0n) is 11.5. The van der Waals surface area contributed by atoms with E-state index in [0.717, 1.165) is 24.4 Å². The summed E-state index contributed by atoms with van der Waals surface area (Å²) >= 11 is 1.75. The highest BCUT2D eigenvalue weighted by atomic mass is 32.1. The molecule has 0 aliphatic heterocycles. The number of rotatable bonds is 7. The van der Waals surface area contributed by atoms with E-state index >= 15 is 0 Å². The lowest BCUT2D eigenvalue weighted by Gasteiger charge is -2.21. The number of furan rings is 1. The van der Waals surface area contributed by atoms with Crippen molar-refractivity contribution in [2.75, 3.05) is 6.61 Å². The molecule has 3 nitrogen and oxygen atoms in total. The van der Waals surface area contributed by atoms with E-state index in [2.05, 4.69) is 24.4 Å². The van der Waals surface area contributed by atoms with Gasteiger partial charge in [-0.1, -0.05) is 13.0 Å². The molecule has 2 N–H and O–H groups in total. The smallest absolute Gasteiger partial charge is 0.134 e. The molecule has 2 unspecified atom stereocenters. The van der Waals surface area contributed by atoms with E-state index in [1.165, 1.54) is 4.88 Å². The Morgan fingerprint density at radius 3 is 2.79 bits per heavy atom. The van der Waals surface area contributed by atoms with Crippen molar-refractivity contribution in [3.05, 3.63) is 46.0 Å². The van der Waals surface area contributed by atoms with Crippen LogP contribution < -0.4 is 5.73 Å². The molecule has 2 heterocycles. The van der Waals surface area contributed by atoms with E-state index in [0.29, 0.717) is 6.61 Å². The Labute approximate surface area is 118 Å². The fourth-order valence-corrected chi connectivity index (χ4v) is 2.67. The molecular weight excluding hydrogens is 258 g/mol.